The zero-order valence-corrected chi connectivity index (χ0v) is 15.9. The van der Waals surface area contributed by atoms with Crippen LogP contribution in [0, 0.1) is 5.82 Å². The predicted molar refractivity (Wildman–Crippen MR) is 112 cm³/mol. The van der Waals surface area contributed by atoms with Gasteiger partial charge in [0, 0.05) is 21.2 Å². The molecule has 4 aromatic carbocycles. The summed E-state index contributed by atoms with van der Waals surface area (Å²) >= 11 is 3.39. The van der Waals surface area contributed by atoms with Crippen LogP contribution in [-0.2, 0) is 0 Å². The summed E-state index contributed by atoms with van der Waals surface area (Å²) in [4.78, 5) is 0. The summed E-state index contributed by atoms with van der Waals surface area (Å²) in [5.74, 6) is -0.316. The monoisotopic (exact) mass is 418 g/mol. The number of halogens is 2. The molecular formula is C24H16BrFO. The van der Waals surface area contributed by atoms with Crippen LogP contribution in [0.5, 0.6) is 5.75 Å². The van der Waals surface area contributed by atoms with E-state index in [0.29, 0.717) is 21.2 Å². The lowest BCUT2D eigenvalue weighted by Crippen LogP contribution is -1.89. The summed E-state index contributed by atoms with van der Waals surface area (Å²) in [6.07, 6.45) is 0. The van der Waals surface area contributed by atoms with E-state index in [9.17, 15) is 9.50 Å². The lowest BCUT2D eigenvalue weighted by molar-refractivity contribution is 0.478. The van der Waals surface area contributed by atoms with Gasteiger partial charge < -0.3 is 5.11 Å². The number of rotatable bonds is 3. The van der Waals surface area contributed by atoms with Gasteiger partial charge in [0.25, 0.3) is 0 Å². The van der Waals surface area contributed by atoms with Crippen LogP contribution in [0.25, 0.3) is 33.4 Å². The molecule has 0 atom stereocenters. The van der Waals surface area contributed by atoms with Gasteiger partial charge in [-0.15, -0.1) is 0 Å². The van der Waals surface area contributed by atoms with Gasteiger partial charge in [0.15, 0.2) is 0 Å². The third kappa shape index (κ3) is 3.38. The Bertz CT molecular complexity index is 1090. The van der Waals surface area contributed by atoms with E-state index >= 15 is 0 Å². The van der Waals surface area contributed by atoms with E-state index in [4.69, 9.17) is 0 Å². The predicted octanol–water partition coefficient (Wildman–Crippen LogP) is 7.29. The number of hydrogen-bond acceptors (Lipinski definition) is 1. The van der Waals surface area contributed by atoms with Gasteiger partial charge >= 0.3 is 0 Å². The molecule has 0 radical (unpaired) electrons. The highest BCUT2D eigenvalue weighted by molar-refractivity contribution is 9.10. The second-order valence-corrected chi connectivity index (χ2v) is 7.10. The molecular weight excluding hydrogens is 403 g/mol. The number of phenols is 1. The molecule has 0 aromatic heterocycles. The quantitative estimate of drug-likeness (QED) is 0.370. The lowest BCUT2D eigenvalue weighted by atomic mass is 9.95. The lowest BCUT2D eigenvalue weighted by Gasteiger charge is -2.13. The average molecular weight is 419 g/mol. The summed E-state index contributed by atoms with van der Waals surface area (Å²) in [6.45, 7) is 0. The van der Waals surface area contributed by atoms with Gasteiger partial charge in [0.05, 0.1) is 0 Å². The van der Waals surface area contributed by atoms with Gasteiger partial charge in [-0.2, -0.15) is 0 Å². The second kappa shape index (κ2) is 7.37. The van der Waals surface area contributed by atoms with Crippen LogP contribution >= 0.6 is 15.9 Å². The number of benzene rings is 4. The van der Waals surface area contributed by atoms with Gasteiger partial charge in [0.2, 0.25) is 0 Å². The van der Waals surface area contributed by atoms with Crippen molar-refractivity contribution in [3.63, 3.8) is 0 Å². The Balaban J connectivity index is 1.85. The summed E-state index contributed by atoms with van der Waals surface area (Å²) in [6, 6.07) is 28.2. The Morgan fingerprint density at radius 1 is 0.630 bits per heavy atom. The number of phenolic OH excluding ortho intramolecular Hbond substituents is 1. The third-order valence-corrected chi connectivity index (χ3v) is 5.21. The summed E-state index contributed by atoms with van der Waals surface area (Å²) in [5.41, 5.74) is 4.53. The summed E-state index contributed by atoms with van der Waals surface area (Å²) in [7, 11) is 0. The maximum Gasteiger partial charge on any atom is 0.132 e. The highest BCUT2D eigenvalue weighted by Gasteiger charge is 2.16. The minimum absolute atomic E-state index is 0.0634. The standard InChI is InChI=1S/C24H16BrFO/c25-21-13-6-14-22(26)23(21)20-12-5-11-19(24(20)27)18-10-4-9-17(15-18)16-7-2-1-3-8-16/h1-15,27H. The van der Waals surface area contributed by atoms with Crippen molar-refractivity contribution in [2.24, 2.45) is 0 Å². The maximum atomic E-state index is 14.4. The van der Waals surface area contributed by atoms with Crippen molar-refractivity contribution >= 4 is 15.9 Å². The Kier molecular flexibility index (Phi) is 4.78. The highest BCUT2D eigenvalue weighted by Crippen LogP contribution is 2.42. The van der Waals surface area contributed by atoms with E-state index in [-0.39, 0.29) is 11.6 Å². The van der Waals surface area contributed by atoms with E-state index in [1.165, 1.54) is 6.07 Å². The molecule has 132 valence electrons. The topological polar surface area (TPSA) is 20.2 Å². The molecule has 1 N–H and O–H groups in total. The van der Waals surface area contributed by atoms with E-state index in [2.05, 4.69) is 15.9 Å². The molecule has 0 bridgehead atoms. The Hall–Kier alpha value is -2.91. The Morgan fingerprint density at radius 3 is 2.04 bits per heavy atom. The van der Waals surface area contributed by atoms with E-state index in [0.717, 1.165) is 16.7 Å². The van der Waals surface area contributed by atoms with E-state index < -0.39 is 0 Å². The molecule has 0 aliphatic rings. The molecule has 0 saturated carbocycles. The largest absolute Gasteiger partial charge is 0.507 e. The van der Waals surface area contributed by atoms with Gasteiger partial charge in [-0.25, -0.2) is 4.39 Å². The van der Waals surface area contributed by atoms with Crippen molar-refractivity contribution in [2.75, 3.05) is 0 Å². The first-order valence-electron chi connectivity index (χ1n) is 8.57. The average Bonchev–Trinajstić information content (AvgIpc) is 2.70. The van der Waals surface area contributed by atoms with Gasteiger partial charge in [-0.3, -0.25) is 0 Å². The van der Waals surface area contributed by atoms with Gasteiger partial charge in [-0.1, -0.05) is 88.7 Å². The molecule has 0 aliphatic carbocycles. The SMILES string of the molecule is Oc1c(-c2cccc(-c3ccccc3)c2)cccc1-c1c(F)cccc1Br. The molecule has 0 heterocycles. The number of hydrogen-bond donors (Lipinski definition) is 1. The van der Waals surface area contributed by atoms with Crippen molar-refractivity contribution in [1.82, 2.24) is 0 Å². The van der Waals surface area contributed by atoms with Crippen LogP contribution in [0.3, 0.4) is 0 Å². The molecule has 0 unspecified atom stereocenters. The number of para-hydroxylation sites is 1. The van der Waals surface area contributed by atoms with Gasteiger partial charge in [0.1, 0.15) is 11.6 Å². The summed E-state index contributed by atoms with van der Waals surface area (Å²) < 4.78 is 15.0. The molecule has 4 aromatic rings. The zero-order valence-electron chi connectivity index (χ0n) is 14.4. The van der Waals surface area contributed by atoms with E-state index in [1.807, 2.05) is 66.7 Å². The fourth-order valence-electron chi connectivity index (χ4n) is 3.23. The van der Waals surface area contributed by atoms with Crippen molar-refractivity contribution < 1.29 is 9.50 Å². The van der Waals surface area contributed by atoms with Crippen molar-refractivity contribution in [2.45, 2.75) is 0 Å². The van der Waals surface area contributed by atoms with Crippen molar-refractivity contribution in [1.29, 1.82) is 0 Å². The van der Waals surface area contributed by atoms with Crippen LogP contribution in [0.15, 0.2) is 95.5 Å². The molecule has 4 rings (SSSR count). The Morgan fingerprint density at radius 2 is 1.26 bits per heavy atom. The zero-order chi connectivity index (χ0) is 18.8. The molecule has 27 heavy (non-hydrogen) atoms. The van der Waals surface area contributed by atoms with Gasteiger partial charge in [-0.05, 0) is 34.9 Å². The molecule has 0 fully saturated rings. The maximum absolute atomic E-state index is 14.4. The molecule has 0 spiro atoms. The molecule has 0 saturated heterocycles. The molecule has 3 heteroatoms. The van der Waals surface area contributed by atoms with Crippen LogP contribution in [-0.4, -0.2) is 5.11 Å². The van der Waals surface area contributed by atoms with Crippen LogP contribution in [0.1, 0.15) is 0 Å². The first-order chi connectivity index (χ1) is 13.1. The normalized spacial score (nSPS) is 10.7. The molecule has 0 aliphatic heterocycles. The minimum atomic E-state index is -0.380. The molecule has 0 amide bonds. The van der Waals surface area contributed by atoms with Crippen LogP contribution in [0.2, 0.25) is 0 Å². The second-order valence-electron chi connectivity index (χ2n) is 6.25. The Labute approximate surface area is 165 Å². The first-order valence-corrected chi connectivity index (χ1v) is 9.36. The van der Waals surface area contributed by atoms with Crippen molar-refractivity contribution in [3.8, 4) is 39.1 Å². The fraction of sp³-hybridized carbons (Fsp3) is 0. The fourth-order valence-corrected chi connectivity index (χ4v) is 3.79. The first kappa shape index (κ1) is 17.5. The number of aromatic hydroxyl groups is 1. The molecule has 1 nitrogen and oxygen atoms in total. The van der Waals surface area contributed by atoms with Crippen LogP contribution < -0.4 is 0 Å². The van der Waals surface area contributed by atoms with E-state index in [1.54, 1.807) is 18.2 Å². The third-order valence-electron chi connectivity index (χ3n) is 4.55. The van der Waals surface area contributed by atoms with Crippen LogP contribution in [0.4, 0.5) is 4.39 Å². The smallest absolute Gasteiger partial charge is 0.132 e. The minimum Gasteiger partial charge on any atom is -0.507 e. The summed E-state index contributed by atoms with van der Waals surface area (Å²) in [5, 5.41) is 10.9. The van der Waals surface area contributed by atoms with Crippen molar-refractivity contribution in [3.05, 3.63) is 101 Å². The highest BCUT2D eigenvalue weighted by atomic mass is 79.9.